The quantitative estimate of drug-likeness (QED) is 0.722. The summed E-state index contributed by atoms with van der Waals surface area (Å²) in [5, 5.41) is 8.06. The van der Waals surface area contributed by atoms with E-state index in [4.69, 9.17) is 0 Å². The molecule has 3 amide bonds. The van der Waals surface area contributed by atoms with Crippen LogP contribution in [0.2, 0.25) is 0 Å². The highest BCUT2D eigenvalue weighted by molar-refractivity contribution is 7.10. The van der Waals surface area contributed by atoms with Crippen molar-refractivity contribution < 1.29 is 18.8 Å². The van der Waals surface area contributed by atoms with Crippen molar-refractivity contribution in [3.8, 4) is 0 Å². The molecule has 1 aliphatic carbocycles. The number of Topliss-reactive ketones (excluding diaryl/α,β-unsaturated/α-hetero) is 1. The lowest BCUT2D eigenvalue weighted by atomic mass is 9.88. The minimum Gasteiger partial charge on any atom is -0.338 e. The van der Waals surface area contributed by atoms with Gasteiger partial charge in [-0.3, -0.25) is 9.59 Å². The SMILES string of the molecule is Cc1ccsc1C1C2C(=O)CCC2C(C(=O)N2CCNCC2)N1C(=O)Nc1ccc(F)cc1. The highest BCUT2D eigenvalue weighted by atomic mass is 32.1. The summed E-state index contributed by atoms with van der Waals surface area (Å²) in [4.78, 5) is 44.9. The fourth-order valence-corrected chi connectivity index (χ4v) is 6.61. The van der Waals surface area contributed by atoms with Gasteiger partial charge in [-0.15, -0.1) is 11.3 Å². The molecule has 3 fully saturated rings. The Balaban J connectivity index is 1.55. The first-order chi connectivity index (χ1) is 16.0. The van der Waals surface area contributed by atoms with Crippen molar-refractivity contribution in [3.63, 3.8) is 0 Å². The largest absolute Gasteiger partial charge is 0.338 e. The molecule has 2 aliphatic heterocycles. The van der Waals surface area contributed by atoms with E-state index in [1.807, 2.05) is 23.3 Å². The predicted molar refractivity (Wildman–Crippen MR) is 124 cm³/mol. The van der Waals surface area contributed by atoms with Crippen molar-refractivity contribution in [2.24, 2.45) is 11.8 Å². The molecule has 1 aromatic heterocycles. The summed E-state index contributed by atoms with van der Waals surface area (Å²) in [7, 11) is 0. The number of piperazine rings is 1. The maximum atomic E-state index is 13.8. The second kappa shape index (κ2) is 8.87. The number of aryl methyl sites for hydroxylation is 1. The number of likely N-dealkylation sites (tertiary alicyclic amines) is 1. The van der Waals surface area contributed by atoms with Crippen LogP contribution in [-0.2, 0) is 9.59 Å². The topological polar surface area (TPSA) is 81.8 Å². The van der Waals surface area contributed by atoms with Crippen LogP contribution < -0.4 is 10.6 Å². The van der Waals surface area contributed by atoms with Crippen LogP contribution in [0, 0.1) is 24.6 Å². The summed E-state index contributed by atoms with van der Waals surface area (Å²) in [5.41, 5.74) is 1.46. The number of anilines is 1. The molecule has 33 heavy (non-hydrogen) atoms. The molecule has 2 saturated heterocycles. The van der Waals surface area contributed by atoms with Crippen molar-refractivity contribution in [2.45, 2.75) is 31.8 Å². The Hall–Kier alpha value is -2.78. The average molecular weight is 471 g/mol. The van der Waals surface area contributed by atoms with Gasteiger partial charge in [-0.2, -0.15) is 0 Å². The summed E-state index contributed by atoms with van der Waals surface area (Å²) >= 11 is 1.52. The van der Waals surface area contributed by atoms with Crippen LogP contribution in [0.1, 0.15) is 29.3 Å². The van der Waals surface area contributed by atoms with Crippen molar-refractivity contribution >= 4 is 34.7 Å². The molecular weight excluding hydrogens is 443 g/mol. The fourth-order valence-electron chi connectivity index (χ4n) is 5.54. The van der Waals surface area contributed by atoms with Gasteiger partial charge in [-0.1, -0.05) is 0 Å². The van der Waals surface area contributed by atoms with E-state index in [9.17, 15) is 18.8 Å². The summed E-state index contributed by atoms with van der Waals surface area (Å²) in [6.45, 7) is 4.55. The van der Waals surface area contributed by atoms with E-state index in [-0.39, 0.29) is 17.6 Å². The molecule has 2 N–H and O–H groups in total. The van der Waals surface area contributed by atoms with Gasteiger partial charge in [-0.05, 0) is 54.6 Å². The number of halogens is 1. The van der Waals surface area contributed by atoms with Crippen molar-refractivity contribution in [1.82, 2.24) is 15.1 Å². The summed E-state index contributed by atoms with van der Waals surface area (Å²) < 4.78 is 13.4. The van der Waals surface area contributed by atoms with Crippen LogP contribution in [0.4, 0.5) is 14.9 Å². The number of fused-ring (bicyclic) bond motifs is 1. The number of thiophene rings is 1. The molecule has 9 heteroatoms. The molecule has 0 radical (unpaired) electrons. The molecule has 174 valence electrons. The van der Waals surface area contributed by atoms with Crippen LogP contribution in [0.5, 0.6) is 0 Å². The summed E-state index contributed by atoms with van der Waals surface area (Å²) in [6.07, 6.45) is 1.04. The Labute approximate surface area is 195 Å². The smallest absolute Gasteiger partial charge is 0.323 e. The Bertz CT molecular complexity index is 1070. The Morgan fingerprint density at radius 3 is 2.55 bits per heavy atom. The number of rotatable bonds is 3. The van der Waals surface area contributed by atoms with Crippen LogP contribution in [0.15, 0.2) is 35.7 Å². The number of nitrogens with zero attached hydrogens (tertiary/aromatic N) is 2. The minimum absolute atomic E-state index is 0.0906. The molecule has 1 saturated carbocycles. The van der Waals surface area contributed by atoms with E-state index >= 15 is 0 Å². The Morgan fingerprint density at radius 2 is 1.88 bits per heavy atom. The van der Waals surface area contributed by atoms with E-state index in [0.29, 0.717) is 44.7 Å². The van der Waals surface area contributed by atoms with Crippen LogP contribution in [0.3, 0.4) is 0 Å². The molecule has 1 aromatic carbocycles. The third-order valence-electron chi connectivity index (χ3n) is 7.08. The van der Waals surface area contributed by atoms with E-state index in [2.05, 4.69) is 10.6 Å². The van der Waals surface area contributed by atoms with Gasteiger partial charge in [-0.25, -0.2) is 9.18 Å². The molecule has 4 unspecified atom stereocenters. The van der Waals surface area contributed by atoms with Crippen molar-refractivity contribution in [3.05, 3.63) is 52.0 Å². The number of amides is 3. The van der Waals surface area contributed by atoms with Crippen LogP contribution >= 0.6 is 11.3 Å². The maximum Gasteiger partial charge on any atom is 0.323 e. The van der Waals surface area contributed by atoms with Gasteiger partial charge in [0.05, 0.1) is 6.04 Å². The summed E-state index contributed by atoms with van der Waals surface area (Å²) in [5.74, 6) is -0.961. The van der Waals surface area contributed by atoms with E-state index in [1.54, 1.807) is 4.90 Å². The van der Waals surface area contributed by atoms with Crippen LogP contribution in [0.25, 0.3) is 0 Å². The van der Waals surface area contributed by atoms with Crippen LogP contribution in [-0.4, -0.2) is 59.7 Å². The lowest BCUT2D eigenvalue weighted by Gasteiger charge is -2.36. The van der Waals surface area contributed by atoms with Gasteiger partial charge in [0.15, 0.2) is 0 Å². The zero-order valence-electron chi connectivity index (χ0n) is 18.4. The van der Waals surface area contributed by atoms with Gasteiger partial charge in [0.25, 0.3) is 0 Å². The molecule has 0 bridgehead atoms. The number of carbonyl (C=O) groups is 3. The van der Waals surface area contributed by atoms with E-state index in [1.165, 1.54) is 35.6 Å². The van der Waals surface area contributed by atoms with Gasteiger partial charge < -0.3 is 20.4 Å². The summed E-state index contributed by atoms with van der Waals surface area (Å²) in [6, 6.07) is 5.91. The average Bonchev–Trinajstić information content (AvgIpc) is 3.50. The molecule has 3 heterocycles. The second-order valence-electron chi connectivity index (χ2n) is 8.97. The van der Waals surface area contributed by atoms with Gasteiger partial charge in [0.1, 0.15) is 17.6 Å². The zero-order valence-corrected chi connectivity index (χ0v) is 19.2. The standard InChI is InChI=1S/C24H27FN4O3S/c1-14-8-13-33-22(14)21-19-17(6-7-18(19)30)20(23(31)28-11-9-26-10-12-28)29(21)24(32)27-16-4-2-15(25)3-5-16/h2-5,8,13,17,19-21,26H,6-7,9-12H2,1H3,(H,27,32). The van der Waals surface area contributed by atoms with Gasteiger partial charge >= 0.3 is 6.03 Å². The lowest BCUT2D eigenvalue weighted by Crippen LogP contribution is -2.55. The number of ketones is 1. The molecule has 5 rings (SSSR count). The monoisotopic (exact) mass is 470 g/mol. The van der Waals surface area contributed by atoms with E-state index < -0.39 is 29.8 Å². The van der Waals surface area contributed by atoms with Gasteiger partial charge in [0.2, 0.25) is 5.91 Å². The first kappa shape index (κ1) is 22.0. The lowest BCUT2D eigenvalue weighted by molar-refractivity contribution is -0.137. The maximum absolute atomic E-state index is 13.8. The molecular formula is C24H27FN4O3S. The zero-order chi connectivity index (χ0) is 23.1. The normalized spacial score (nSPS) is 27.0. The fraction of sp³-hybridized carbons (Fsp3) is 0.458. The molecule has 0 spiro atoms. The molecule has 4 atom stereocenters. The number of hydrogen-bond acceptors (Lipinski definition) is 5. The highest BCUT2D eigenvalue weighted by Crippen LogP contribution is 2.53. The van der Waals surface area contributed by atoms with Crippen molar-refractivity contribution in [1.29, 1.82) is 0 Å². The second-order valence-corrected chi connectivity index (χ2v) is 9.92. The Kier molecular flexibility index (Phi) is 5.92. The molecule has 2 aromatic rings. The number of nitrogens with one attached hydrogen (secondary N) is 2. The third kappa shape index (κ3) is 3.93. The highest BCUT2D eigenvalue weighted by Gasteiger charge is 2.60. The predicted octanol–water partition coefficient (Wildman–Crippen LogP) is 3.18. The minimum atomic E-state index is -0.702. The number of hydrogen-bond donors (Lipinski definition) is 2. The Morgan fingerprint density at radius 1 is 1.15 bits per heavy atom. The molecule has 3 aliphatic rings. The van der Waals surface area contributed by atoms with E-state index in [0.717, 1.165) is 10.4 Å². The first-order valence-electron chi connectivity index (χ1n) is 11.4. The van der Waals surface area contributed by atoms with Gasteiger partial charge in [0, 0.05) is 55.0 Å². The third-order valence-corrected chi connectivity index (χ3v) is 8.17. The van der Waals surface area contributed by atoms with Crippen molar-refractivity contribution in [2.75, 3.05) is 31.5 Å². The first-order valence-corrected chi connectivity index (χ1v) is 12.2. The number of carbonyl (C=O) groups excluding carboxylic acids is 3. The molecule has 7 nitrogen and oxygen atoms in total. The number of benzene rings is 1. The number of urea groups is 1.